The number of halogens is 2. The Balaban J connectivity index is 1.59. The molecule has 1 saturated heterocycles. The van der Waals surface area contributed by atoms with E-state index in [0.29, 0.717) is 18.9 Å². The maximum atomic E-state index is 14.1. The van der Waals surface area contributed by atoms with Crippen molar-refractivity contribution in [2.75, 3.05) is 6.54 Å². The van der Waals surface area contributed by atoms with E-state index in [1.54, 1.807) is 4.90 Å². The quantitative estimate of drug-likeness (QED) is 0.732. The highest BCUT2D eigenvalue weighted by Crippen LogP contribution is 2.31. The summed E-state index contributed by atoms with van der Waals surface area (Å²) in [4.78, 5) is 28.0. The van der Waals surface area contributed by atoms with Gasteiger partial charge in [-0.3, -0.25) is 9.59 Å². The molecule has 0 bridgehead atoms. The Labute approximate surface area is 186 Å². The number of hydrogen-bond acceptors (Lipinski definition) is 4. The van der Waals surface area contributed by atoms with Crippen LogP contribution >= 0.6 is 0 Å². The van der Waals surface area contributed by atoms with Gasteiger partial charge in [-0.15, -0.1) is 0 Å². The van der Waals surface area contributed by atoms with Crippen LogP contribution in [0.5, 0.6) is 0 Å². The fraction of sp³-hybridized carbons (Fsp3) is 0.542. The average Bonchev–Trinajstić information content (AvgIpc) is 3.24. The molecule has 8 heteroatoms. The summed E-state index contributed by atoms with van der Waals surface area (Å²) >= 11 is 0. The molecule has 6 nitrogen and oxygen atoms in total. The minimum Gasteiger partial charge on any atom is -0.355 e. The molecule has 2 amide bonds. The zero-order valence-corrected chi connectivity index (χ0v) is 18.4. The summed E-state index contributed by atoms with van der Waals surface area (Å²) < 4.78 is 32.6. The van der Waals surface area contributed by atoms with E-state index in [-0.39, 0.29) is 34.9 Å². The monoisotopic (exact) mass is 445 g/mol. The van der Waals surface area contributed by atoms with E-state index in [4.69, 9.17) is 4.52 Å². The first kappa shape index (κ1) is 22.4. The van der Waals surface area contributed by atoms with Gasteiger partial charge < -0.3 is 14.7 Å². The average molecular weight is 446 g/mol. The second kappa shape index (κ2) is 9.38. The molecular formula is C24H29F2N3O3. The molecule has 1 aromatic heterocycles. The number of benzene rings is 1. The first-order valence-electron chi connectivity index (χ1n) is 11.4. The van der Waals surface area contributed by atoms with Crippen molar-refractivity contribution in [3.05, 3.63) is 41.6 Å². The van der Waals surface area contributed by atoms with Gasteiger partial charge in [-0.1, -0.05) is 38.3 Å². The van der Waals surface area contributed by atoms with Gasteiger partial charge in [0.25, 0.3) is 5.91 Å². The number of piperazine rings is 1. The number of nitrogens with zero attached hydrogens (tertiary/aromatic N) is 2. The van der Waals surface area contributed by atoms with Crippen molar-refractivity contribution in [1.29, 1.82) is 0 Å². The Bertz CT molecular complexity index is 985. The molecule has 2 unspecified atom stereocenters. The molecule has 2 atom stereocenters. The van der Waals surface area contributed by atoms with Crippen molar-refractivity contribution in [2.45, 2.75) is 64.5 Å². The van der Waals surface area contributed by atoms with E-state index in [1.165, 1.54) is 18.6 Å². The zero-order valence-electron chi connectivity index (χ0n) is 18.4. The number of aromatic nitrogens is 1. The molecule has 0 spiro atoms. The van der Waals surface area contributed by atoms with Crippen molar-refractivity contribution < 1.29 is 22.9 Å². The van der Waals surface area contributed by atoms with Crippen LogP contribution in [0.25, 0.3) is 11.3 Å². The third kappa shape index (κ3) is 4.69. The van der Waals surface area contributed by atoms with Crippen LogP contribution in [-0.2, 0) is 4.79 Å². The van der Waals surface area contributed by atoms with Crippen molar-refractivity contribution in [3.63, 3.8) is 0 Å². The number of rotatable bonds is 5. The summed E-state index contributed by atoms with van der Waals surface area (Å²) in [7, 11) is 0. The van der Waals surface area contributed by atoms with Crippen LogP contribution in [0.4, 0.5) is 8.78 Å². The van der Waals surface area contributed by atoms with Crippen molar-refractivity contribution in [1.82, 2.24) is 15.4 Å². The van der Waals surface area contributed by atoms with Crippen LogP contribution in [0.2, 0.25) is 0 Å². The summed E-state index contributed by atoms with van der Waals surface area (Å²) in [5.74, 6) is -1.44. The van der Waals surface area contributed by atoms with Gasteiger partial charge in [-0.05, 0) is 43.2 Å². The van der Waals surface area contributed by atoms with E-state index in [1.807, 2.05) is 13.8 Å². The molecule has 1 N–H and O–H groups in total. The molecule has 172 valence electrons. The van der Waals surface area contributed by atoms with E-state index in [9.17, 15) is 18.4 Å². The summed E-state index contributed by atoms with van der Waals surface area (Å²) in [6.07, 6.45) is 6.09. The molecule has 1 aliphatic carbocycles. The lowest BCUT2D eigenvalue weighted by Crippen LogP contribution is -2.63. The molecule has 32 heavy (non-hydrogen) atoms. The number of hydrogen-bond donors (Lipinski definition) is 1. The van der Waals surface area contributed by atoms with Crippen LogP contribution in [0, 0.1) is 23.5 Å². The Hall–Kier alpha value is -2.77. The minimum absolute atomic E-state index is 0.00887. The first-order chi connectivity index (χ1) is 15.3. The van der Waals surface area contributed by atoms with Crippen LogP contribution in [0.3, 0.4) is 0 Å². The lowest BCUT2D eigenvalue weighted by molar-refractivity contribution is -0.131. The summed E-state index contributed by atoms with van der Waals surface area (Å²) in [6, 6.07) is 3.79. The molecule has 1 aliphatic heterocycles. The van der Waals surface area contributed by atoms with Crippen LogP contribution < -0.4 is 5.32 Å². The fourth-order valence-corrected chi connectivity index (χ4v) is 4.85. The standard InChI is InChI=1S/C24H29F2N3O3/c1-14(2)10-21-23(30)27-20(15-6-4-3-5-7-15)13-29(21)24(31)19-12-22(32-28-19)17-9-8-16(25)11-18(17)26/h8-9,11-12,14-15,20-21H,3-7,10,13H2,1-2H3,(H,27,30). The second-order valence-corrected chi connectivity index (χ2v) is 9.32. The molecule has 2 fully saturated rings. The van der Waals surface area contributed by atoms with E-state index < -0.39 is 23.6 Å². The number of nitrogens with one attached hydrogen (secondary N) is 1. The highest BCUT2D eigenvalue weighted by atomic mass is 19.1. The molecular weight excluding hydrogens is 416 g/mol. The maximum Gasteiger partial charge on any atom is 0.276 e. The lowest BCUT2D eigenvalue weighted by atomic mass is 9.82. The summed E-state index contributed by atoms with van der Waals surface area (Å²) in [5.41, 5.74) is 0.0303. The van der Waals surface area contributed by atoms with Gasteiger partial charge in [0.2, 0.25) is 5.91 Å². The first-order valence-corrected chi connectivity index (χ1v) is 11.4. The molecule has 0 radical (unpaired) electrons. The Kier molecular flexibility index (Phi) is 6.58. The van der Waals surface area contributed by atoms with Gasteiger partial charge in [0.05, 0.1) is 5.56 Å². The minimum atomic E-state index is -0.799. The Morgan fingerprint density at radius 1 is 1.22 bits per heavy atom. The second-order valence-electron chi connectivity index (χ2n) is 9.32. The SMILES string of the molecule is CC(C)CC1C(=O)NC(C2CCCCC2)CN1C(=O)c1cc(-c2ccc(F)cc2F)on1. The molecule has 2 heterocycles. The highest BCUT2D eigenvalue weighted by Gasteiger charge is 2.41. The topological polar surface area (TPSA) is 75.4 Å². The van der Waals surface area contributed by atoms with Crippen molar-refractivity contribution >= 4 is 11.8 Å². The molecule has 1 saturated carbocycles. The predicted molar refractivity (Wildman–Crippen MR) is 115 cm³/mol. The van der Waals surface area contributed by atoms with Gasteiger partial charge >= 0.3 is 0 Å². The highest BCUT2D eigenvalue weighted by molar-refractivity contribution is 5.97. The van der Waals surface area contributed by atoms with Gasteiger partial charge in [-0.2, -0.15) is 0 Å². The number of carbonyl (C=O) groups excluding carboxylic acids is 2. The Morgan fingerprint density at radius 3 is 2.66 bits per heavy atom. The number of carbonyl (C=O) groups is 2. The number of amides is 2. The summed E-state index contributed by atoms with van der Waals surface area (Å²) in [5, 5.41) is 7.01. The van der Waals surface area contributed by atoms with E-state index >= 15 is 0 Å². The van der Waals surface area contributed by atoms with Crippen LogP contribution in [0.15, 0.2) is 28.8 Å². The van der Waals surface area contributed by atoms with Gasteiger partial charge in [-0.25, -0.2) is 8.78 Å². The molecule has 4 rings (SSSR count). The van der Waals surface area contributed by atoms with E-state index in [2.05, 4.69) is 10.5 Å². The maximum absolute atomic E-state index is 14.1. The van der Waals surface area contributed by atoms with Gasteiger partial charge in [0.1, 0.15) is 17.7 Å². The third-order valence-corrected chi connectivity index (χ3v) is 6.50. The van der Waals surface area contributed by atoms with E-state index in [0.717, 1.165) is 37.8 Å². The van der Waals surface area contributed by atoms with Gasteiger partial charge in [0.15, 0.2) is 11.5 Å². The molecule has 2 aliphatic rings. The van der Waals surface area contributed by atoms with Crippen molar-refractivity contribution in [2.24, 2.45) is 11.8 Å². The predicted octanol–water partition coefficient (Wildman–Crippen LogP) is 4.56. The third-order valence-electron chi connectivity index (χ3n) is 6.50. The normalized spacial score (nSPS) is 22.3. The largest absolute Gasteiger partial charge is 0.355 e. The molecule has 1 aromatic carbocycles. The lowest BCUT2D eigenvalue weighted by Gasteiger charge is -2.43. The fourth-order valence-electron chi connectivity index (χ4n) is 4.85. The van der Waals surface area contributed by atoms with Crippen LogP contribution in [0.1, 0.15) is 62.9 Å². The molecule has 2 aromatic rings. The van der Waals surface area contributed by atoms with Crippen LogP contribution in [-0.4, -0.2) is 40.5 Å². The Morgan fingerprint density at radius 2 is 1.97 bits per heavy atom. The zero-order chi connectivity index (χ0) is 22.8. The summed E-state index contributed by atoms with van der Waals surface area (Å²) in [6.45, 7) is 4.43. The van der Waals surface area contributed by atoms with Crippen molar-refractivity contribution in [3.8, 4) is 11.3 Å². The smallest absolute Gasteiger partial charge is 0.276 e. The van der Waals surface area contributed by atoms with Gasteiger partial charge in [0, 0.05) is 24.7 Å².